The minimum absolute atomic E-state index is 0.0110. The van der Waals surface area contributed by atoms with Crippen molar-refractivity contribution in [3.05, 3.63) is 0 Å². The summed E-state index contributed by atoms with van der Waals surface area (Å²) in [6, 6.07) is 0. The van der Waals surface area contributed by atoms with Crippen LogP contribution in [-0.2, 0) is 15.0 Å². The normalized spacial score (nSPS) is 14.3. The highest BCUT2D eigenvalue weighted by Crippen LogP contribution is 2.00. The second-order valence-corrected chi connectivity index (χ2v) is 4.93. The van der Waals surface area contributed by atoms with Gasteiger partial charge in [-0.05, 0) is 6.42 Å². The number of hydrogen-bond donors (Lipinski definition) is 1. The first-order valence-corrected chi connectivity index (χ1v) is 6.84. The van der Waals surface area contributed by atoms with E-state index in [1.54, 1.807) is 0 Å². The van der Waals surface area contributed by atoms with Gasteiger partial charge in [-0.2, -0.15) is 0 Å². The summed E-state index contributed by atoms with van der Waals surface area (Å²) in [5.74, 6) is 0.464. The third kappa shape index (κ3) is 7.37. The Balaban J connectivity index is 3.88. The molecular weight excluding hydrogens is 258 g/mol. The average molecular weight is 275 g/mol. The van der Waals surface area contributed by atoms with Crippen LogP contribution in [0.5, 0.6) is 0 Å². The Morgan fingerprint density at radius 3 is 2.62 bits per heavy atom. The number of rotatable bonds is 9. The SMILES string of the molecule is CCN(CC(O)COCCCCl)S(=O)(=O)[O-]. The molecule has 0 aromatic rings. The fraction of sp³-hybridized carbons (Fsp3) is 1.00. The molecule has 0 spiro atoms. The number of nitrogens with zero attached hydrogens (tertiary/aromatic N) is 1. The van der Waals surface area contributed by atoms with Crippen LogP contribution in [-0.4, -0.2) is 60.7 Å². The van der Waals surface area contributed by atoms with E-state index in [2.05, 4.69) is 0 Å². The van der Waals surface area contributed by atoms with E-state index in [9.17, 15) is 18.1 Å². The summed E-state index contributed by atoms with van der Waals surface area (Å²) in [4.78, 5) is 0. The minimum atomic E-state index is -4.50. The first-order chi connectivity index (χ1) is 7.41. The van der Waals surface area contributed by atoms with Gasteiger partial charge in [0.15, 0.2) is 10.3 Å². The molecular formula is C8H17ClNO5S-. The molecule has 0 saturated heterocycles. The van der Waals surface area contributed by atoms with Crippen molar-refractivity contribution in [2.75, 3.05) is 32.2 Å². The first-order valence-electron chi connectivity index (χ1n) is 4.94. The monoisotopic (exact) mass is 274 g/mol. The molecule has 0 aromatic carbocycles. The predicted molar refractivity (Wildman–Crippen MR) is 59.1 cm³/mol. The molecule has 0 aromatic heterocycles. The Hall–Kier alpha value is 0.0800. The van der Waals surface area contributed by atoms with E-state index >= 15 is 0 Å². The molecule has 1 atom stereocenters. The van der Waals surface area contributed by atoms with Crippen molar-refractivity contribution < 1.29 is 22.8 Å². The van der Waals surface area contributed by atoms with Gasteiger partial charge >= 0.3 is 0 Å². The number of alkyl halides is 1. The van der Waals surface area contributed by atoms with Gasteiger partial charge in [0, 0.05) is 25.6 Å². The van der Waals surface area contributed by atoms with Crippen LogP contribution < -0.4 is 0 Å². The smallest absolute Gasteiger partial charge is 0.162 e. The third-order valence-corrected chi connectivity index (χ3v) is 3.12. The van der Waals surface area contributed by atoms with E-state index < -0.39 is 16.4 Å². The highest BCUT2D eigenvalue weighted by Gasteiger charge is 2.15. The average Bonchev–Trinajstić information content (AvgIpc) is 2.19. The number of halogens is 1. The van der Waals surface area contributed by atoms with E-state index in [4.69, 9.17) is 16.3 Å². The van der Waals surface area contributed by atoms with E-state index in [1.807, 2.05) is 0 Å². The quantitative estimate of drug-likeness (QED) is 0.356. The standard InChI is InChI=1S/C8H18ClNO5S/c1-2-10(16(12,13)14)6-8(11)7-15-5-3-4-9/h8,11H,2-7H2,1H3,(H,12,13,14)/p-1. The van der Waals surface area contributed by atoms with Crippen LogP contribution in [0.25, 0.3) is 0 Å². The fourth-order valence-electron chi connectivity index (χ4n) is 1.04. The third-order valence-electron chi connectivity index (χ3n) is 1.82. The van der Waals surface area contributed by atoms with Gasteiger partial charge in [-0.1, -0.05) is 6.92 Å². The second-order valence-electron chi connectivity index (χ2n) is 3.18. The van der Waals surface area contributed by atoms with Crippen molar-refractivity contribution in [3.8, 4) is 0 Å². The predicted octanol–water partition coefficient (Wildman–Crippen LogP) is -0.225. The number of aliphatic hydroxyl groups is 1. The Morgan fingerprint density at radius 2 is 2.19 bits per heavy atom. The van der Waals surface area contributed by atoms with Crippen molar-refractivity contribution in [2.45, 2.75) is 19.4 Å². The summed E-state index contributed by atoms with van der Waals surface area (Å²) >= 11 is 5.41. The molecule has 0 fully saturated rings. The maximum atomic E-state index is 10.7. The summed E-state index contributed by atoms with van der Waals surface area (Å²) < 4.78 is 37.7. The van der Waals surface area contributed by atoms with Crippen LogP contribution in [0.3, 0.4) is 0 Å². The van der Waals surface area contributed by atoms with Gasteiger partial charge in [0.2, 0.25) is 0 Å². The molecule has 0 rings (SSSR count). The molecule has 1 N–H and O–H groups in total. The molecule has 0 aliphatic heterocycles. The largest absolute Gasteiger partial charge is 0.735 e. The zero-order chi connectivity index (χ0) is 12.6. The van der Waals surface area contributed by atoms with Crippen LogP contribution >= 0.6 is 11.6 Å². The molecule has 0 aliphatic rings. The molecule has 0 heterocycles. The summed E-state index contributed by atoms with van der Waals surface area (Å²) in [6.45, 7) is 1.70. The topological polar surface area (TPSA) is 89.9 Å². The van der Waals surface area contributed by atoms with E-state index in [0.29, 0.717) is 23.2 Å². The molecule has 0 bridgehead atoms. The molecule has 0 amide bonds. The number of aliphatic hydroxyl groups excluding tert-OH is 1. The molecule has 8 heteroatoms. The Morgan fingerprint density at radius 1 is 1.56 bits per heavy atom. The number of ether oxygens (including phenoxy) is 1. The molecule has 0 aliphatic carbocycles. The molecule has 0 saturated carbocycles. The van der Waals surface area contributed by atoms with Crippen molar-refractivity contribution in [2.24, 2.45) is 0 Å². The zero-order valence-electron chi connectivity index (χ0n) is 9.13. The highest BCUT2D eigenvalue weighted by atomic mass is 35.5. The Bertz CT molecular complexity index is 272. The van der Waals surface area contributed by atoms with Gasteiger partial charge in [0.1, 0.15) is 0 Å². The van der Waals surface area contributed by atoms with Gasteiger partial charge < -0.3 is 14.4 Å². The van der Waals surface area contributed by atoms with Crippen LogP contribution in [0, 0.1) is 0 Å². The molecule has 16 heavy (non-hydrogen) atoms. The summed E-state index contributed by atoms with van der Waals surface area (Å²) in [7, 11) is -4.50. The van der Waals surface area contributed by atoms with Crippen molar-refractivity contribution in [1.29, 1.82) is 0 Å². The lowest BCUT2D eigenvalue weighted by Crippen LogP contribution is -2.38. The van der Waals surface area contributed by atoms with Crippen LogP contribution in [0.2, 0.25) is 0 Å². The van der Waals surface area contributed by atoms with E-state index in [0.717, 1.165) is 0 Å². The van der Waals surface area contributed by atoms with Gasteiger partial charge in [0.25, 0.3) is 0 Å². The van der Waals surface area contributed by atoms with Gasteiger partial charge in [-0.15, -0.1) is 11.6 Å². The molecule has 1 unspecified atom stereocenters. The zero-order valence-corrected chi connectivity index (χ0v) is 10.7. The van der Waals surface area contributed by atoms with Crippen molar-refractivity contribution >= 4 is 21.9 Å². The van der Waals surface area contributed by atoms with Crippen LogP contribution in [0.4, 0.5) is 0 Å². The van der Waals surface area contributed by atoms with Gasteiger partial charge in [-0.3, -0.25) is 0 Å². The van der Waals surface area contributed by atoms with Crippen molar-refractivity contribution in [1.82, 2.24) is 4.31 Å². The van der Waals surface area contributed by atoms with Gasteiger partial charge in [-0.25, -0.2) is 12.7 Å². The Kier molecular flexibility index (Phi) is 8.25. The van der Waals surface area contributed by atoms with Crippen LogP contribution in [0.1, 0.15) is 13.3 Å². The number of hydrogen-bond acceptors (Lipinski definition) is 5. The minimum Gasteiger partial charge on any atom is -0.735 e. The fourth-order valence-corrected chi connectivity index (χ4v) is 1.82. The molecule has 98 valence electrons. The Labute approximate surface area is 101 Å². The first kappa shape index (κ1) is 16.1. The van der Waals surface area contributed by atoms with E-state index in [-0.39, 0.29) is 19.7 Å². The van der Waals surface area contributed by atoms with Gasteiger partial charge in [0.05, 0.1) is 12.7 Å². The number of likely N-dealkylation sites (N-methyl/N-ethyl adjacent to an activating group) is 1. The maximum absolute atomic E-state index is 10.7. The second kappa shape index (κ2) is 8.21. The van der Waals surface area contributed by atoms with Crippen molar-refractivity contribution in [3.63, 3.8) is 0 Å². The van der Waals surface area contributed by atoms with E-state index in [1.165, 1.54) is 6.92 Å². The lowest BCUT2D eigenvalue weighted by molar-refractivity contribution is 0.0277. The lowest BCUT2D eigenvalue weighted by Gasteiger charge is -2.25. The highest BCUT2D eigenvalue weighted by molar-refractivity contribution is 7.83. The summed E-state index contributed by atoms with van der Waals surface area (Å²) in [5.41, 5.74) is 0. The molecule has 6 nitrogen and oxygen atoms in total. The maximum Gasteiger partial charge on any atom is 0.162 e. The van der Waals surface area contributed by atoms with Crippen LogP contribution in [0.15, 0.2) is 0 Å². The summed E-state index contributed by atoms with van der Waals surface area (Å²) in [6.07, 6.45) is -0.343. The molecule has 0 radical (unpaired) electrons. The lowest BCUT2D eigenvalue weighted by atomic mass is 10.4. The summed E-state index contributed by atoms with van der Waals surface area (Å²) in [5, 5.41) is 9.41.